The van der Waals surface area contributed by atoms with Crippen LogP contribution in [0, 0.1) is 0 Å². The lowest BCUT2D eigenvalue weighted by Gasteiger charge is -2.26. The fraction of sp³-hybridized carbons (Fsp3) is 0.579. The van der Waals surface area contributed by atoms with Gasteiger partial charge in [0.25, 0.3) is 0 Å². The van der Waals surface area contributed by atoms with Crippen molar-refractivity contribution < 1.29 is 4.74 Å². The maximum atomic E-state index is 6.00. The first kappa shape index (κ1) is 17.2. The first-order chi connectivity index (χ1) is 11.3. The number of hydrogen-bond acceptors (Lipinski definition) is 3. The lowest BCUT2D eigenvalue weighted by atomic mass is 10.1. The second-order valence-electron chi connectivity index (χ2n) is 6.37. The molecule has 0 unspecified atom stereocenters. The molecule has 1 fully saturated rings. The molecule has 0 bridgehead atoms. The van der Waals surface area contributed by atoms with E-state index in [9.17, 15) is 0 Å². The SMILES string of the molecule is Brc1ccc(OCCCCCCN2CCCCC2)c2ccsc12. The molecule has 2 nitrogen and oxygen atoms in total. The van der Waals surface area contributed by atoms with E-state index in [2.05, 4.69) is 44.4 Å². The highest BCUT2D eigenvalue weighted by molar-refractivity contribution is 9.10. The van der Waals surface area contributed by atoms with Gasteiger partial charge in [-0.2, -0.15) is 0 Å². The van der Waals surface area contributed by atoms with E-state index in [4.69, 9.17) is 4.74 Å². The Labute approximate surface area is 152 Å². The van der Waals surface area contributed by atoms with E-state index in [1.165, 1.54) is 68.2 Å². The number of rotatable bonds is 8. The number of benzene rings is 1. The highest BCUT2D eigenvalue weighted by Crippen LogP contribution is 2.35. The second kappa shape index (κ2) is 9.05. The zero-order valence-corrected chi connectivity index (χ0v) is 16.1. The van der Waals surface area contributed by atoms with Crippen LogP contribution in [0.5, 0.6) is 5.75 Å². The summed E-state index contributed by atoms with van der Waals surface area (Å²) in [5.74, 6) is 1.03. The molecular weight excluding hydrogens is 370 g/mol. The van der Waals surface area contributed by atoms with Gasteiger partial charge in [-0.25, -0.2) is 0 Å². The average molecular weight is 396 g/mol. The van der Waals surface area contributed by atoms with Gasteiger partial charge in [-0.15, -0.1) is 11.3 Å². The Kier molecular flexibility index (Phi) is 6.79. The molecule has 0 aliphatic carbocycles. The number of ether oxygens (including phenoxy) is 1. The van der Waals surface area contributed by atoms with Crippen molar-refractivity contribution in [3.05, 3.63) is 28.1 Å². The van der Waals surface area contributed by atoms with E-state index >= 15 is 0 Å². The normalized spacial score (nSPS) is 16.0. The number of halogens is 1. The minimum Gasteiger partial charge on any atom is -0.493 e. The Hall–Kier alpha value is -0.580. The van der Waals surface area contributed by atoms with E-state index in [0.717, 1.165) is 23.2 Å². The third-order valence-corrected chi connectivity index (χ3v) is 6.47. The second-order valence-corrected chi connectivity index (χ2v) is 8.14. The van der Waals surface area contributed by atoms with Crippen molar-refractivity contribution in [3.63, 3.8) is 0 Å². The first-order valence-corrected chi connectivity index (χ1v) is 10.5. The predicted octanol–water partition coefficient (Wildman–Crippen LogP) is 6.09. The molecule has 0 N–H and O–H groups in total. The molecule has 126 valence electrons. The van der Waals surface area contributed by atoms with Crippen molar-refractivity contribution in [2.75, 3.05) is 26.2 Å². The van der Waals surface area contributed by atoms with Crippen molar-refractivity contribution >= 4 is 37.4 Å². The molecule has 0 radical (unpaired) electrons. The number of unbranched alkanes of at least 4 members (excludes halogenated alkanes) is 3. The van der Waals surface area contributed by atoms with E-state index in [-0.39, 0.29) is 0 Å². The largest absolute Gasteiger partial charge is 0.493 e. The molecule has 0 spiro atoms. The van der Waals surface area contributed by atoms with Crippen LogP contribution < -0.4 is 4.74 Å². The quantitative estimate of drug-likeness (QED) is 0.501. The number of fused-ring (bicyclic) bond motifs is 1. The standard InChI is InChI=1S/C19H26BrNOS/c20-17-8-9-18(16-10-15-23-19(16)17)22-14-7-2-1-4-11-21-12-5-3-6-13-21/h8-10,15H,1-7,11-14H2. The molecule has 3 rings (SSSR count). The van der Waals surface area contributed by atoms with E-state index < -0.39 is 0 Å². The maximum absolute atomic E-state index is 6.00. The summed E-state index contributed by atoms with van der Waals surface area (Å²) in [6.07, 6.45) is 9.33. The number of nitrogens with zero attached hydrogens (tertiary/aromatic N) is 1. The van der Waals surface area contributed by atoms with Crippen LogP contribution in [0.15, 0.2) is 28.1 Å². The van der Waals surface area contributed by atoms with Gasteiger partial charge in [0, 0.05) is 9.86 Å². The van der Waals surface area contributed by atoms with Gasteiger partial charge < -0.3 is 9.64 Å². The average Bonchev–Trinajstić information content (AvgIpc) is 3.07. The van der Waals surface area contributed by atoms with E-state index in [1.807, 2.05) is 0 Å². The summed E-state index contributed by atoms with van der Waals surface area (Å²) in [5.41, 5.74) is 0. The van der Waals surface area contributed by atoms with Gasteiger partial charge in [-0.3, -0.25) is 0 Å². The number of likely N-dealkylation sites (tertiary alicyclic amines) is 1. The van der Waals surface area contributed by atoms with Crippen LogP contribution in [0.3, 0.4) is 0 Å². The van der Waals surface area contributed by atoms with Gasteiger partial charge in [0.05, 0.1) is 11.3 Å². The van der Waals surface area contributed by atoms with Gasteiger partial charge >= 0.3 is 0 Å². The van der Waals surface area contributed by atoms with Crippen LogP contribution in [0.25, 0.3) is 10.1 Å². The van der Waals surface area contributed by atoms with E-state index in [0.29, 0.717) is 0 Å². The summed E-state index contributed by atoms with van der Waals surface area (Å²) in [5, 5.41) is 3.36. The van der Waals surface area contributed by atoms with Gasteiger partial charge in [0.2, 0.25) is 0 Å². The van der Waals surface area contributed by atoms with Crippen molar-refractivity contribution in [2.45, 2.75) is 44.9 Å². The molecular formula is C19H26BrNOS. The van der Waals surface area contributed by atoms with Crippen LogP contribution in [0.2, 0.25) is 0 Å². The van der Waals surface area contributed by atoms with Crippen molar-refractivity contribution in [1.82, 2.24) is 4.90 Å². The number of piperidine rings is 1. The molecule has 0 atom stereocenters. The zero-order valence-electron chi connectivity index (χ0n) is 13.7. The van der Waals surface area contributed by atoms with Crippen LogP contribution in [0.1, 0.15) is 44.9 Å². The molecule has 2 aromatic rings. The molecule has 0 amide bonds. The monoisotopic (exact) mass is 395 g/mol. The zero-order chi connectivity index (χ0) is 15.9. The minimum absolute atomic E-state index is 0.830. The maximum Gasteiger partial charge on any atom is 0.128 e. The van der Waals surface area contributed by atoms with Gasteiger partial charge in [0.15, 0.2) is 0 Å². The highest BCUT2D eigenvalue weighted by atomic mass is 79.9. The molecule has 1 aromatic carbocycles. The molecule has 2 heterocycles. The van der Waals surface area contributed by atoms with Gasteiger partial charge in [-0.1, -0.05) is 19.3 Å². The first-order valence-electron chi connectivity index (χ1n) is 8.85. The highest BCUT2D eigenvalue weighted by Gasteiger charge is 2.09. The summed E-state index contributed by atoms with van der Waals surface area (Å²) in [7, 11) is 0. The summed E-state index contributed by atoms with van der Waals surface area (Å²) in [6.45, 7) is 4.77. The van der Waals surface area contributed by atoms with Gasteiger partial charge in [0.1, 0.15) is 5.75 Å². The summed E-state index contributed by atoms with van der Waals surface area (Å²) in [4.78, 5) is 2.63. The van der Waals surface area contributed by atoms with Crippen LogP contribution in [-0.2, 0) is 0 Å². The van der Waals surface area contributed by atoms with E-state index in [1.54, 1.807) is 11.3 Å². The van der Waals surface area contributed by atoms with Crippen molar-refractivity contribution in [3.8, 4) is 5.75 Å². The molecule has 0 saturated carbocycles. The molecule has 1 saturated heterocycles. The molecule has 23 heavy (non-hydrogen) atoms. The predicted molar refractivity (Wildman–Crippen MR) is 104 cm³/mol. The Morgan fingerprint density at radius 2 is 1.83 bits per heavy atom. The van der Waals surface area contributed by atoms with Gasteiger partial charge in [-0.05, 0) is 84.8 Å². The third-order valence-electron chi connectivity index (χ3n) is 4.60. The number of thiophene rings is 1. The fourth-order valence-electron chi connectivity index (χ4n) is 3.28. The van der Waals surface area contributed by atoms with Crippen LogP contribution in [0.4, 0.5) is 0 Å². The Morgan fingerprint density at radius 1 is 1.00 bits per heavy atom. The van der Waals surface area contributed by atoms with Crippen molar-refractivity contribution in [2.24, 2.45) is 0 Å². The summed E-state index contributed by atoms with van der Waals surface area (Å²) in [6, 6.07) is 6.32. The molecule has 1 aromatic heterocycles. The molecule has 1 aliphatic heterocycles. The lowest BCUT2D eigenvalue weighted by molar-refractivity contribution is 0.223. The Morgan fingerprint density at radius 3 is 2.70 bits per heavy atom. The third kappa shape index (κ3) is 4.94. The van der Waals surface area contributed by atoms with Crippen LogP contribution >= 0.6 is 27.3 Å². The summed E-state index contributed by atoms with van der Waals surface area (Å²) < 4.78 is 8.45. The Bertz CT molecular complexity index is 606. The Balaban J connectivity index is 1.32. The fourth-order valence-corrected chi connectivity index (χ4v) is 4.73. The lowest BCUT2D eigenvalue weighted by Crippen LogP contribution is -2.30. The minimum atomic E-state index is 0.830. The summed E-state index contributed by atoms with van der Waals surface area (Å²) >= 11 is 5.36. The van der Waals surface area contributed by atoms with Crippen molar-refractivity contribution in [1.29, 1.82) is 0 Å². The molecule has 4 heteroatoms. The topological polar surface area (TPSA) is 12.5 Å². The van der Waals surface area contributed by atoms with Crippen LogP contribution in [-0.4, -0.2) is 31.1 Å². The smallest absolute Gasteiger partial charge is 0.128 e. The molecule has 1 aliphatic rings. The number of hydrogen-bond donors (Lipinski definition) is 0.